The molecule has 0 spiro atoms. The van der Waals surface area contributed by atoms with Crippen LogP contribution in [0, 0.1) is 0 Å². The zero-order valence-electron chi connectivity index (χ0n) is 47.7. The number of para-hydroxylation sites is 2. The quantitative estimate of drug-likeness (QED) is 0.160. The molecule has 2 nitrogen and oxygen atoms in total. The highest BCUT2D eigenvalue weighted by atomic mass is 16.3. The van der Waals surface area contributed by atoms with Crippen molar-refractivity contribution in [3.8, 4) is 44.5 Å². The van der Waals surface area contributed by atoms with Gasteiger partial charge in [-0.25, -0.2) is 0 Å². The molecule has 0 unspecified atom stereocenters. The number of hydrogen-bond acceptors (Lipinski definition) is 2. The van der Waals surface area contributed by atoms with Gasteiger partial charge in [0.15, 0.2) is 0 Å². The summed E-state index contributed by atoms with van der Waals surface area (Å²) in [4.78, 5) is 1.64. The van der Waals surface area contributed by atoms with Gasteiger partial charge < -0.3 is 9.32 Å². The van der Waals surface area contributed by atoms with Gasteiger partial charge in [-0.05, 0) is 96.7 Å². The first-order valence-corrected chi connectivity index (χ1v) is 20.0. The molecule has 11 aromatic carbocycles. The third-order valence-electron chi connectivity index (χ3n) is 11.3. The van der Waals surface area contributed by atoms with Crippen molar-refractivity contribution >= 4 is 71.3 Å². The van der Waals surface area contributed by atoms with E-state index in [-0.39, 0.29) is 5.69 Å². The van der Waals surface area contributed by atoms with Gasteiger partial charge >= 0.3 is 0 Å². The van der Waals surface area contributed by atoms with Crippen molar-refractivity contribution in [3.63, 3.8) is 0 Å². The Bertz CT molecular complexity index is 4460. The maximum atomic E-state index is 9.84. The lowest BCUT2D eigenvalue weighted by Gasteiger charge is -2.28. The monoisotopic (exact) mass is 804 g/mol. The highest BCUT2D eigenvalue weighted by Gasteiger charge is 2.21. The van der Waals surface area contributed by atoms with E-state index in [1.807, 2.05) is 140 Å². The van der Waals surface area contributed by atoms with E-state index in [9.17, 15) is 11.0 Å². The Kier molecular flexibility index (Phi) is 5.63. The fourth-order valence-electron chi connectivity index (χ4n) is 8.40. The molecule has 12 aromatic rings. The number of benzene rings is 11. The van der Waals surface area contributed by atoms with Gasteiger partial charge in [0.1, 0.15) is 11.2 Å². The van der Waals surface area contributed by atoms with Crippen LogP contribution < -0.4 is 4.90 Å². The molecule has 0 aliphatic heterocycles. The van der Waals surface area contributed by atoms with Crippen molar-refractivity contribution in [2.24, 2.45) is 0 Å². The summed E-state index contributed by atoms with van der Waals surface area (Å²) < 4.78 is 143. The Hall–Kier alpha value is -8.20. The van der Waals surface area contributed by atoms with Crippen molar-refractivity contribution in [1.29, 1.82) is 0 Å². The molecule has 0 amide bonds. The van der Waals surface area contributed by atoms with E-state index in [1.165, 1.54) is 0 Å². The first-order chi connectivity index (χ1) is 37.0. The van der Waals surface area contributed by atoms with Crippen molar-refractivity contribution in [3.05, 3.63) is 236 Å². The number of anilines is 3. The molecule has 0 atom stereocenters. The van der Waals surface area contributed by atoms with Crippen molar-refractivity contribution in [2.45, 2.75) is 0 Å². The van der Waals surface area contributed by atoms with Gasteiger partial charge in [0.2, 0.25) is 0 Å². The van der Waals surface area contributed by atoms with Crippen LogP contribution in [0.15, 0.2) is 241 Å². The summed E-state index contributed by atoms with van der Waals surface area (Å²) >= 11 is 0. The summed E-state index contributed by atoms with van der Waals surface area (Å²) in [7, 11) is 0. The molecular formula is C60H39NO. The summed E-state index contributed by atoms with van der Waals surface area (Å²) in [5.41, 5.74) is 2.87. The van der Waals surface area contributed by atoms with Crippen LogP contribution in [0.25, 0.3) is 98.8 Å². The molecule has 0 radical (unpaired) electrons. The second-order valence-corrected chi connectivity index (χ2v) is 14.8. The lowest BCUT2D eigenvalue weighted by atomic mass is 9.96. The van der Waals surface area contributed by atoms with Crippen LogP contribution in [0.4, 0.5) is 17.1 Å². The molecule has 1 aromatic heterocycles. The lowest BCUT2D eigenvalue weighted by molar-refractivity contribution is 0.674. The van der Waals surface area contributed by atoms with Gasteiger partial charge in [-0.3, -0.25) is 0 Å². The third-order valence-corrected chi connectivity index (χ3v) is 11.3. The molecule has 0 bridgehead atoms. The standard InChI is InChI=1S/C60H39NO/c1-4-17-49-42(12-1)15-9-21-51(49)45-28-26-40(27-29-45)41-30-35-47(36-31-41)61(48-37-32-46(33-38-48)52-22-10-16-43-13-2-5-18-50(43)52)58-25-8-7-20-54(58)55-23-11-24-56-57-39-34-44-14-3-6-19-53(44)59(57)62-60(55)56/h1-39H/i1D,4D,9D,12D,15D,17D,21D,26D,27D,28D,29D,30D,31D,35D,36D. The van der Waals surface area contributed by atoms with E-state index < -0.39 is 124 Å². The molecule has 1 heterocycles. The van der Waals surface area contributed by atoms with E-state index in [2.05, 4.69) is 0 Å². The molecule has 62 heavy (non-hydrogen) atoms. The second kappa shape index (κ2) is 14.8. The minimum atomic E-state index is -0.837. The second-order valence-electron chi connectivity index (χ2n) is 14.8. The van der Waals surface area contributed by atoms with Crippen LogP contribution in [0.3, 0.4) is 0 Å². The summed E-state index contributed by atoms with van der Waals surface area (Å²) in [6.45, 7) is 0. The molecule has 0 saturated carbocycles. The first kappa shape index (κ1) is 23.6. The van der Waals surface area contributed by atoms with E-state index in [0.717, 1.165) is 43.4 Å². The highest BCUT2D eigenvalue weighted by molar-refractivity contribution is 6.17. The molecule has 2 heteroatoms. The Labute approximate surface area is 381 Å². The molecular weight excluding hydrogens is 751 g/mol. The van der Waals surface area contributed by atoms with Gasteiger partial charge in [0.25, 0.3) is 0 Å². The van der Waals surface area contributed by atoms with Crippen LogP contribution in [0.2, 0.25) is 0 Å². The maximum absolute atomic E-state index is 9.84. The molecule has 12 rings (SSSR count). The zero-order valence-corrected chi connectivity index (χ0v) is 32.7. The van der Waals surface area contributed by atoms with Gasteiger partial charge in [0.05, 0.1) is 26.2 Å². The predicted molar refractivity (Wildman–Crippen MR) is 263 cm³/mol. The van der Waals surface area contributed by atoms with Crippen LogP contribution in [0.1, 0.15) is 20.6 Å². The van der Waals surface area contributed by atoms with Crippen LogP contribution >= 0.6 is 0 Å². The minimum Gasteiger partial charge on any atom is -0.455 e. The van der Waals surface area contributed by atoms with Crippen LogP contribution in [0.5, 0.6) is 0 Å². The highest BCUT2D eigenvalue weighted by Crippen LogP contribution is 2.46. The molecule has 0 aliphatic carbocycles. The maximum Gasteiger partial charge on any atom is 0.143 e. The minimum absolute atomic E-state index is 0.193. The molecule has 0 N–H and O–H groups in total. The summed E-state index contributed by atoms with van der Waals surface area (Å²) in [5, 5.41) is 4.89. The van der Waals surface area contributed by atoms with Crippen molar-refractivity contribution in [1.82, 2.24) is 0 Å². The molecule has 0 aliphatic rings. The van der Waals surface area contributed by atoms with E-state index in [1.54, 1.807) is 11.0 Å². The lowest BCUT2D eigenvalue weighted by Crippen LogP contribution is -2.11. The van der Waals surface area contributed by atoms with E-state index in [0.29, 0.717) is 33.7 Å². The fraction of sp³-hybridized carbons (Fsp3) is 0. The number of furan rings is 1. The largest absolute Gasteiger partial charge is 0.455 e. The number of rotatable bonds is 7. The zero-order chi connectivity index (χ0) is 54.0. The SMILES string of the molecule is [2H]c1c([2H])c(-c2c([2H])c([2H])c([2H])c3c([2H])c([2H])c([2H])c([2H])c23)c([2H])c([2H])c1-c1c([2H])c([2H])c(N(c2ccc(-c3cccc4ccccc34)cc2)c2ccccc2-c2cccc3c2oc2c4ccccc4ccc32)c([2H])c1[2H]. The van der Waals surface area contributed by atoms with Crippen molar-refractivity contribution in [2.75, 3.05) is 4.90 Å². The van der Waals surface area contributed by atoms with Crippen LogP contribution in [-0.2, 0) is 0 Å². The fourth-order valence-corrected chi connectivity index (χ4v) is 8.40. The van der Waals surface area contributed by atoms with Gasteiger partial charge in [-0.1, -0.05) is 200 Å². The Morgan fingerprint density at radius 3 is 1.74 bits per heavy atom. The van der Waals surface area contributed by atoms with Crippen molar-refractivity contribution < 1.29 is 25.0 Å². The van der Waals surface area contributed by atoms with Gasteiger partial charge in [-0.15, -0.1) is 0 Å². The summed E-state index contributed by atoms with van der Waals surface area (Å²) in [6.07, 6.45) is 0. The third kappa shape index (κ3) is 6.04. The number of nitrogens with zero attached hydrogens (tertiary/aromatic N) is 1. The topological polar surface area (TPSA) is 16.4 Å². The summed E-state index contributed by atoms with van der Waals surface area (Å²) in [5.74, 6) is 0. The Balaban J connectivity index is 1.09. The molecule has 0 fully saturated rings. The Morgan fingerprint density at radius 1 is 0.306 bits per heavy atom. The van der Waals surface area contributed by atoms with E-state index in [4.69, 9.17) is 14.0 Å². The predicted octanol–water partition coefficient (Wildman–Crippen LogP) is 17.2. The van der Waals surface area contributed by atoms with Crippen LogP contribution in [-0.4, -0.2) is 0 Å². The molecule has 0 saturated heterocycles. The summed E-state index contributed by atoms with van der Waals surface area (Å²) in [6, 6.07) is 35.8. The first-order valence-electron chi connectivity index (χ1n) is 27.5. The number of fused-ring (bicyclic) bond motifs is 7. The average Bonchev–Trinajstić information content (AvgIpc) is 3.96. The Morgan fingerprint density at radius 2 is 0.903 bits per heavy atom. The van der Waals surface area contributed by atoms with Gasteiger partial charge in [-0.2, -0.15) is 0 Å². The van der Waals surface area contributed by atoms with E-state index >= 15 is 0 Å². The smallest absolute Gasteiger partial charge is 0.143 e. The average molecular weight is 805 g/mol. The molecule has 290 valence electrons. The van der Waals surface area contributed by atoms with Gasteiger partial charge in [0, 0.05) is 38.7 Å². The normalized spacial score (nSPS) is 14.9. The number of hydrogen-bond donors (Lipinski definition) is 0.